The highest BCUT2D eigenvalue weighted by molar-refractivity contribution is 9.10. The molecule has 1 aromatic heterocycles. The first kappa shape index (κ1) is 18.1. The molecule has 0 bridgehead atoms. The third kappa shape index (κ3) is 2.97. The van der Waals surface area contributed by atoms with Crippen LogP contribution in [0.25, 0.3) is 5.57 Å². The predicted molar refractivity (Wildman–Crippen MR) is 115 cm³/mol. The summed E-state index contributed by atoms with van der Waals surface area (Å²) in [5.41, 5.74) is 2.49. The minimum Gasteiger partial charge on any atom is -0.497 e. The number of anilines is 2. The molecule has 3 heterocycles. The van der Waals surface area contributed by atoms with Gasteiger partial charge in [0.2, 0.25) is 0 Å². The molecule has 1 amide bonds. The van der Waals surface area contributed by atoms with Gasteiger partial charge < -0.3 is 15.0 Å². The molecular weight excluding hydrogens is 456 g/mol. The summed E-state index contributed by atoms with van der Waals surface area (Å²) in [4.78, 5) is 33.0. The van der Waals surface area contributed by atoms with Crippen molar-refractivity contribution >= 4 is 50.1 Å². The standard InChI is InChI=1S/C20H15BrN4O3S/c1-28-13-6-7-15-14(8-13)16(18(26)23-15)17-19(27)25-10-24(9-22-20(25)29-17)12-4-2-11(21)3-5-12/h2-8H,9-10H2,1H3,(H,23,26). The second-order valence-electron chi connectivity index (χ2n) is 6.64. The van der Waals surface area contributed by atoms with Crippen LogP contribution >= 0.6 is 27.3 Å². The third-order valence-corrected chi connectivity index (χ3v) is 6.59. The summed E-state index contributed by atoms with van der Waals surface area (Å²) in [7, 11) is 1.57. The molecule has 7 nitrogen and oxygen atoms in total. The van der Waals surface area contributed by atoms with Gasteiger partial charge in [-0.15, -0.1) is 0 Å². The van der Waals surface area contributed by atoms with Gasteiger partial charge in [0.25, 0.3) is 11.5 Å². The average Bonchev–Trinajstić information content (AvgIpc) is 3.23. The molecule has 2 aliphatic heterocycles. The molecule has 0 unspecified atom stereocenters. The summed E-state index contributed by atoms with van der Waals surface area (Å²) in [6.45, 7) is 0.836. The number of thiazole rings is 1. The molecule has 2 aliphatic rings. The summed E-state index contributed by atoms with van der Waals surface area (Å²) in [6, 6.07) is 13.2. The number of carbonyl (C=O) groups is 1. The number of nitrogens with zero attached hydrogens (tertiary/aromatic N) is 3. The van der Waals surface area contributed by atoms with Gasteiger partial charge in [-0.3, -0.25) is 14.2 Å². The number of aromatic nitrogens is 1. The van der Waals surface area contributed by atoms with Gasteiger partial charge >= 0.3 is 0 Å². The van der Waals surface area contributed by atoms with E-state index in [-0.39, 0.29) is 11.5 Å². The molecular formula is C20H15BrN4O3S. The Hall–Kier alpha value is -2.91. The second-order valence-corrected chi connectivity index (χ2v) is 8.54. The van der Waals surface area contributed by atoms with Crippen LogP contribution in [0.2, 0.25) is 0 Å². The molecule has 146 valence electrons. The van der Waals surface area contributed by atoms with Crippen LogP contribution in [0.3, 0.4) is 0 Å². The van der Waals surface area contributed by atoms with Crippen LogP contribution in [0, 0.1) is 0 Å². The molecule has 0 fully saturated rings. The molecule has 0 saturated heterocycles. The average molecular weight is 471 g/mol. The fourth-order valence-corrected chi connectivity index (χ4v) is 4.80. The van der Waals surface area contributed by atoms with Gasteiger partial charge in [0.05, 0.1) is 12.7 Å². The van der Waals surface area contributed by atoms with E-state index in [1.807, 2.05) is 29.2 Å². The zero-order valence-corrected chi connectivity index (χ0v) is 17.7. The van der Waals surface area contributed by atoms with E-state index in [1.54, 1.807) is 29.9 Å². The first-order valence-electron chi connectivity index (χ1n) is 8.84. The van der Waals surface area contributed by atoms with E-state index in [0.717, 1.165) is 10.2 Å². The maximum absolute atomic E-state index is 13.2. The maximum Gasteiger partial charge on any atom is 0.272 e. The Kier molecular flexibility index (Phi) is 4.29. The third-order valence-electron chi connectivity index (χ3n) is 4.94. The van der Waals surface area contributed by atoms with E-state index >= 15 is 0 Å². The van der Waals surface area contributed by atoms with Gasteiger partial charge in [-0.2, -0.15) is 0 Å². The van der Waals surface area contributed by atoms with Crippen molar-refractivity contribution in [1.29, 1.82) is 0 Å². The van der Waals surface area contributed by atoms with Gasteiger partial charge in [-0.05, 0) is 42.5 Å². The van der Waals surface area contributed by atoms with Gasteiger partial charge in [0, 0.05) is 21.4 Å². The molecule has 0 atom stereocenters. The predicted octanol–water partition coefficient (Wildman–Crippen LogP) is 1.89. The fraction of sp³-hybridized carbons (Fsp3) is 0.150. The van der Waals surface area contributed by atoms with Crippen molar-refractivity contribution in [2.75, 3.05) is 24.0 Å². The molecule has 3 aromatic rings. The lowest BCUT2D eigenvalue weighted by molar-refractivity contribution is -0.110. The number of ether oxygens (including phenoxy) is 1. The summed E-state index contributed by atoms with van der Waals surface area (Å²) in [5.74, 6) is 0.347. The lowest BCUT2D eigenvalue weighted by Gasteiger charge is -2.25. The van der Waals surface area contributed by atoms with Gasteiger partial charge in [0.15, 0.2) is 4.80 Å². The highest BCUT2D eigenvalue weighted by atomic mass is 79.9. The van der Waals surface area contributed by atoms with E-state index in [4.69, 9.17) is 4.74 Å². The minimum atomic E-state index is -0.283. The van der Waals surface area contributed by atoms with E-state index in [0.29, 0.717) is 45.2 Å². The van der Waals surface area contributed by atoms with Crippen molar-refractivity contribution in [2.45, 2.75) is 6.67 Å². The Balaban J connectivity index is 1.64. The van der Waals surface area contributed by atoms with E-state index in [1.165, 1.54) is 11.3 Å². The first-order chi connectivity index (χ1) is 14.0. The van der Waals surface area contributed by atoms with Crippen LogP contribution < -0.4 is 29.8 Å². The Morgan fingerprint density at radius 3 is 2.72 bits per heavy atom. The SMILES string of the molecule is COc1ccc2c(c1)C(=c1sc3n(c1=O)CN(c1ccc(Br)cc1)CN=3)C(=O)N2. The number of nitrogens with one attached hydrogen (secondary N) is 1. The maximum atomic E-state index is 13.2. The highest BCUT2D eigenvalue weighted by Crippen LogP contribution is 2.33. The zero-order chi connectivity index (χ0) is 20.1. The molecule has 9 heteroatoms. The van der Waals surface area contributed by atoms with Gasteiger partial charge in [0.1, 0.15) is 23.6 Å². The number of halogens is 1. The van der Waals surface area contributed by atoms with Crippen molar-refractivity contribution in [3.8, 4) is 5.75 Å². The topological polar surface area (TPSA) is 75.9 Å². The van der Waals surface area contributed by atoms with Crippen LogP contribution in [0.5, 0.6) is 5.75 Å². The van der Waals surface area contributed by atoms with Crippen molar-refractivity contribution in [3.05, 3.63) is 72.2 Å². The summed E-state index contributed by atoms with van der Waals surface area (Å²) in [6.07, 6.45) is 0. The highest BCUT2D eigenvalue weighted by Gasteiger charge is 2.28. The summed E-state index contributed by atoms with van der Waals surface area (Å²) >= 11 is 4.68. The fourth-order valence-electron chi connectivity index (χ4n) is 3.48. The number of hydrogen-bond acceptors (Lipinski definition) is 6. The van der Waals surface area contributed by atoms with Crippen LogP contribution in [0.1, 0.15) is 5.56 Å². The van der Waals surface area contributed by atoms with Crippen LogP contribution in [-0.4, -0.2) is 24.3 Å². The number of carbonyl (C=O) groups excluding carboxylic acids is 1. The zero-order valence-electron chi connectivity index (χ0n) is 15.3. The molecule has 0 radical (unpaired) electrons. The molecule has 1 N–H and O–H groups in total. The van der Waals surface area contributed by atoms with Crippen molar-refractivity contribution in [3.63, 3.8) is 0 Å². The summed E-state index contributed by atoms with van der Waals surface area (Å²) in [5, 5.41) is 2.83. The van der Waals surface area contributed by atoms with Crippen LogP contribution in [0.4, 0.5) is 11.4 Å². The first-order valence-corrected chi connectivity index (χ1v) is 10.4. The van der Waals surface area contributed by atoms with Gasteiger partial charge in [-0.25, -0.2) is 4.99 Å². The van der Waals surface area contributed by atoms with Crippen LogP contribution in [-0.2, 0) is 11.5 Å². The Morgan fingerprint density at radius 2 is 1.97 bits per heavy atom. The monoisotopic (exact) mass is 470 g/mol. The minimum absolute atomic E-state index is 0.212. The van der Waals surface area contributed by atoms with Gasteiger partial charge in [-0.1, -0.05) is 27.3 Å². The largest absolute Gasteiger partial charge is 0.497 e. The van der Waals surface area contributed by atoms with E-state index < -0.39 is 0 Å². The molecule has 5 rings (SSSR count). The number of hydrogen-bond donors (Lipinski definition) is 1. The lowest BCUT2D eigenvalue weighted by atomic mass is 10.1. The molecule has 0 saturated carbocycles. The van der Waals surface area contributed by atoms with Crippen molar-refractivity contribution in [2.24, 2.45) is 4.99 Å². The quantitative estimate of drug-likeness (QED) is 0.620. The molecule has 0 spiro atoms. The summed E-state index contributed by atoms with van der Waals surface area (Å²) < 4.78 is 8.28. The second kappa shape index (κ2) is 6.85. The Bertz CT molecular complexity index is 1330. The normalized spacial score (nSPS) is 16.8. The lowest BCUT2D eigenvalue weighted by Crippen LogP contribution is -2.43. The van der Waals surface area contributed by atoms with Crippen LogP contribution in [0.15, 0.2) is 56.7 Å². The van der Waals surface area contributed by atoms with Crippen molar-refractivity contribution in [1.82, 2.24) is 4.57 Å². The molecule has 29 heavy (non-hydrogen) atoms. The number of amides is 1. The molecule has 2 aromatic carbocycles. The van der Waals surface area contributed by atoms with E-state index in [9.17, 15) is 9.59 Å². The van der Waals surface area contributed by atoms with Crippen molar-refractivity contribution < 1.29 is 9.53 Å². The molecule has 0 aliphatic carbocycles. The Labute approximate surface area is 177 Å². The Morgan fingerprint density at radius 1 is 1.17 bits per heavy atom. The number of rotatable bonds is 2. The number of methoxy groups -OCH3 is 1. The number of benzene rings is 2. The number of fused-ring (bicyclic) bond motifs is 2. The van der Waals surface area contributed by atoms with E-state index in [2.05, 4.69) is 26.2 Å². The smallest absolute Gasteiger partial charge is 0.272 e.